The Bertz CT molecular complexity index is 686. The van der Waals surface area contributed by atoms with Crippen LogP contribution in [0.3, 0.4) is 0 Å². The molecule has 0 aromatic heterocycles. The molecular formula is C23H31ClO2. The lowest BCUT2D eigenvalue weighted by Gasteiger charge is -2.54. The van der Waals surface area contributed by atoms with Crippen molar-refractivity contribution < 1.29 is 10.2 Å². The zero-order valence-corrected chi connectivity index (χ0v) is 16.6. The van der Waals surface area contributed by atoms with Gasteiger partial charge in [-0.05, 0) is 97.1 Å². The van der Waals surface area contributed by atoms with E-state index >= 15 is 0 Å². The highest BCUT2D eigenvalue weighted by Crippen LogP contribution is 2.64. The summed E-state index contributed by atoms with van der Waals surface area (Å²) < 4.78 is 0. The van der Waals surface area contributed by atoms with Crippen molar-refractivity contribution in [3.8, 4) is 11.3 Å². The molecule has 4 aliphatic carbocycles. The average molecular weight is 375 g/mol. The lowest BCUT2D eigenvalue weighted by molar-refractivity contribution is -0.0209. The minimum atomic E-state index is -0.919. The zero-order chi connectivity index (χ0) is 18.5. The van der Waals surface area contributed by atoms with Crippen LogP contribution in [-0.2, 0) is 0 Å². The Hall–Kier alpha value is -0.750. The quantitative estimate of drug-likeness (QED) is 0.545. The van der Waals surface area contributed by atoms with E-state index in [1.54, 1.807) is 0 Å². The van der Waals surface area contributed by atoms with Gasteiger partial charge in [-0.3, -0.25) is 0 Å². The summed E-state index contributed by atoms with van der Waals surface area (Å²) >= 11 is 5.57. The molecule has 2 N–H and O–H groups in total. The Morgan fingerprint density at radius 3 is 2.81 bits per heavy atom. The SMILES string of the molecule is C=C(CO)[C@H]1CC[C@H]2[C@@H]3CC=C4C[C@@](O)(C#CCl)CC[C@@H]4[C@H]3CC[C@]12C. The molecule has 0 bridgehead atoms. The predicted molar refractivity (Wildman–Crippen MR) is 105 cm³/mol. The number of hydrogen-bond donors (Lipinski definition) is 2. The second-order valence-electron chi connectivity index (χ2n) is 9.51. The van der Waals surface area contributed by atoms with Crippen LogP contribution in [-0.4, -0.2) is 22.4 Å². The number of fused-ring (bicyclic) bond motifs is 5. The second kappa shape index (κ2) is 6.69. The molecule has 3 saturated carbocycles. The summed E-state index contributed by atoms with van der Waals surface area (Å²) in [5, 5.41) is 22.7. The Balaban J connectivity index is 1.57. The van der Waals surface area contributed by atoms with Crippen LogP contribution in [0.1, 0.15) is 58.3 Å². The van der Waals surface area contributed by atoms with Crippen LogP contribution < -0.4 is 0 Å². The molecule has 3 fully saturated rings. The smallest absolute Gasteiger partial charge is 0.130 e. The molecular weight excluding hydrogens is 344 g/mol. The van der Waals surface area contributed by atoms with Gasteiger partial charge in [0, 0.05) is 11.8 Å². The largest absolute Gasteiger partial charge is 0.392 e. The molecule has 0 heterocycles. The van der Waals surface area contributed by atoms with Gasteiger partial charge in [0.15, 0.2) is 0 Å². The van der Waals surface area contributed by atoms with Crippen molar-refractivity contribution in [2.45, 2.75) is 63.9 Å². The Morgan fingerprint density at radius 2 is 2.08 bits per heavy atom. The molecule has 4 rings (SSSR count). The van der Waals surface area contributed by atoms with E-state index in [1.165, 1.54) is 31.3 Å². The normalized spacial score (nSPS) is 46.9. The van der Waals surface area contributed by atoms with E-state index in [0.717, 1.165) is 42.6 Å². The second-order valence-corrected chi connectivity index (χ2v) is 9.70. The molecule has 0 radical (unpaired) electrons. The highest BCUT2D eigenvalue weighted by Gasteiger charge is 2.56. The van der Waals surface area contributed by atoms with Crippen LogP contribution in [0.25, 0.3) is 0 Å². The molecule has 0 unspecified atom stereocenters. The molecule has 0 aromatic carbocycles. The summed E-state index contributed by atoms with van der Waals surface area (Å²) in [5.74, 6) is 6.19. The number of aliphatic hydroxyl groups excluding tert-OH is 1. The maximum Gasteiger partial charge on any atom is 0.130 e. The molecule has 0 amide bonds. The van der Waals surface area contributed by atoms with E-state index in [1.807, 2.05) is 0 Å². The van der Waals surface area contributed by atoms with Gasteiger partial charge in [-0.1, -0.05) is 31.1 Å². The van der Waals surface area contributed by atoms with Gasteiger partial charge < -0.3 is 10.2 Å². The molecule has 3 heteroatoms. The van der Waals surface area contributed by atoms with Crippen molar-refractivity contribution in [1.29, 1.82) is 0 Å². The molecule has 0 aliphatic heterocycles. The van der Waals surface area contributed by atoms with E-state index in [9.17, 15) is 10.2 Å². The van der Waals surface area contributed by atoms with Gasteiger partial charge >= 0.3 is 0 Å². The van der Waals surface area contributed by atoms with Crippen LogP contribution in [0.2, 0.25) is 0 Å². The van der Waals surface area contributed by atoms with Crippen molar-refractivity contribution in [1.82, 2.24) is 0 Å². The van der Waals surface area contributed by atoms with Crippen LogP contribution in [0.15, 0.2) is 23.8 Å². The summed E-state index contributed by atoms with van der Waals surface area (Å²) in [6.07, 6.45) is 11.0. The summed E-state index contributed by atoms with van der Waals surface area (Å²) in [6, 6.07) is 0. The van der Waals surface area contributed by atoms with Gasteiger partial charge in [0.05, 0.1) is 6.61 Å². The van der Waals surface area contributed by atoms with Crippen LogP contribution in [0.5, 0.6) is 0 Å². The lowest BCUT2D eigenvalue weighted by Crippen LogP contribution is -2.47. The summed E-state index contributed by atoms with van der Waals surface area (Å²) in [5.41, 5.74) is 1.86. The zero-order valence-electron chi connectivity index (χ0n) is 15.8. The first-order valence-electron chi connectivity index (χ1n) is 10.2. The number of hydrogen-bond acceptors (Lipinski definition) is 2. The highest BCUT2D eigenvalue weighted by molar-refractivity contribution is 6.30. The van der Waals surface area contributed by atoms with Gasteiger partial charge in [0.1, 0.15) is 5.60 Å². The van der Waals surface area contributed by atoms with Crippen molar-refractivity contribution >= 4 is 11.6 Å². The number of aliphatic hydroxyl groups is 2. The first kappa shape index (κ1) is 18.6. The van der Waals surface area contributed by atoms with Crippen LogP contribution >= 0.6 is 11.6 Å². The fraction of sp³-hybridized carbons (Fsp3) is 0.739. The third-order valence-corrected chi connectivity index (χ3v) is 8.57. The average Bonchev–Trinajstić information content (AvgIpc) is 2.98. The number of halogens is 1. The fourth-order valence-corrected chi connectivity index (χ4v) is 7.44. The Kier molecular flexibility index (Phi) is 4.79. The van der Waals surface area contributed by atoms with Crippen molar-refractivity contribution in [2.75, 3.05) is 6.61 Å². The maximum absolute atomic E-state index is 10.7. The third-order valence-electron chi connectivity index (χ3n) is 8.48. The molecule has 26 heavy (non-hydrogen) atoms. The molecule has 142 valence electrons. The van der Waals surface area contributed by atoms with Gasteiger partial charge in [0.25, 0.3) is 0 Å². The lowest BCUT2D eigenvalue weighted by atomic mass is 9.51. The first-order chi connectivity index (χ1) is 12.4. The van der Waals surface area contributed by atoms with Gasteiger partial charge in [-0.25, -0.2) is 0 Å². The molecule has 0 saturated heterocycles. The Morgan fingerprint density at radius 1 is 1.27 bits per heavy atom. The monoisotopic (exact) mass is 374 g/mol. The highest BCUT2D eigenvalue weighted by atomic mass is 35.5. The van der Waals surface area contributed by atoms with E-state index < -0.39 is 5.60 Å². The number of rotatable bonds is 2. The van der Waals surface area contributed by atoms with Crippen molar-refractivity contribution in [3.63, 3.8) is 0 Å². The van der Waals surface area contributed by atoms with E-state index in [4.69, 9.17) is 11.6 Å². The standard InChI is InChI=1S/C23H31ClO2/c1-15(14-25)20-5-6-21-19-4-3-16-13-23(26,11-12-24)10-8-17(16)18(19)7-9-22(20,21)2/h3,17-21,25-26H,1,4-10,13-14H2,2H3/t17-,18+,19+,20+,21-,22+,23-/m0/s1. The Labute approximate surface area is 162 Å². The maximum atomic E-state index is 10.7. The first-order valence-corrected chi connectivity index (χ1v) is 10.6. The fourth-order valence-electron chi connectivity index (χ4n) is 7.27. The minimum absolute atomic E-state index is 0.133. The molecule has 7 atom stereocenters. The third kappa shape index (κ3) is 2.79. The summed E-state index contributed by atoms with van der Waals surface area (Å²) in [7, 11) is 0. The minimum Gasteiger partial charge on any atom is -0.392 e. The van der Waals surface area contributed by atoms with Crippen molar-refractivity contribution in [3.05, 3.63) is 23.8 Å². The van der Waals surface area contributed by atoms with Crippen LogP contribution in [0.4, 0.5) is 0 Å². The van der Waals surface area contributed by atoms with Crippen LogP contribution in [0, 0.1) is 46.3 Å². The molecule has 2 nitrogen and oxygen atoms in total. The number of allylic oxidation sites excluding steroid dienone is 1. The van der Waals surface area contributed by atoms with Gasteiger partial charge in [-0.2, -0.15) is 0 Å². The summed E-state index contributed by atoms with van der Waals surface area (Å²) in [6.45, 7) is 6.77. The van der Waals surface area contributed by atoms with E-state index in [-0.39, 0.29) is 6.61 Å². The molecule has 0 aromatic rings. The molecule has 0 spiro atoms. The van der Waals surface area contributed by atoms with E-state index in [0.29, 0.717) is 23.7 Å². The predicted octanol–water partition coefficient (Wildman–Crippen LogP) is 4.65. The van der Waals surface area contributed by atoms with Gasteiger partial charge in [-0.15, -0.1) is 0 Å². The van der Waals surface area contributed by atoms with Crippen molar-refractivity contribution in [2.24, 2.45) is 35.0 Å². The topological polar surface area (TPSA) is 40.5 Å². The van der Waals surface area contributed by atoms with Gasteiger partial charge in [0.2, 0.25) is 0 Å². The van der Waals surface area contributed by atoms with E-state index in [2.05, 4.69) is 30.9 Å². The molecule has 4 aliphatic rings. The summed E-state index contributed by atoms with van der Waals surface area (Å²) in [4.78, 5) is 0.